The molecule has 1 aromatic carbocycles. The molecule has 30 heavy (non-hydrogen) atoms. The third-order valence-corrected chi connectivity index (χ3v) is 4.97. The summed E-state index contributed by atoms with van der Waals surface area (Å²) in [5, 5.41) is 5.33. The van der Waals surface area contributed by atoms with Crippen LogP contribution < -0.4 is 10.1 Å². The van der Waals surface area contributed by atoms with E-state index in [0.29, 0.717) is 22.3 Å². The lowest BCUT2D eigenvalue weighted by Crippen LogP contribution is -2.14. The normalized spacial score (nSPS) is 12.8. The summed E-state index contributed by atoms with van der Waals surface area (Å²) >= 11 is 1.37. The Labute approximate surface area is 177 Å². The second kappa shape index (κ2) is 9.42. The van der Waals surface area contributed by atoms with E-state index in [-0.39, 0.29) is 24.2 Å². The minimum Gasteiger partial charge on any atom is -0.493 e. The van der Waals surface area contributed by atoms with Crippen LogP contribution in [-0.4, -0.2) is 21.6 Å². The van der Waals surface area contributed by atoms with Gasteiger partial charge in [-0.15, -0.1) is 11.3 Å². The Balaban J connectivity index is 1.84. The van der Waals surface area contributed by atoms with E-state index in [0.717, 1.165) is 12.5 Å². The van der Waals surface area contributed by atoms with Crippen molar-refractivity contribution in [3.8, 4) is 17.0 Å². The van der Waals surface area contributed by atoms with Crippen molar-refractivity contribution in [3.05, 3.63) is 47.6 Å². The Morgan fingerprint density at radius 2 is 1.90 bits per heavy atom. The quantitative estimate of drug-likeness (QED) is 0.441. The summed E-state index contributed by atoms with van der Waals surface area (Å²) in [6.07, 6.45) is -0.534. The predicted octanol–water partition coefficient (Wildman–Crippen LogP) is 6.42. The van der Waals surface area contributed by atoms with E-state index in [1.165, 1.54) is 23.6 Å². The van der Waals surface area contributed by atoms with E-state index in [9.17, 15) is 13.2 Å². The zero-order chi connectivity index (χ0) is 21.7. The lowest BCUT2D eigenvalue weighted by Gasteiger charge is -2.19. The molecule has 3 rings (SSSR count). The molecule has 2 heterocycles. The lowest BCUT2D eigenvalue weighted by molar-refractivity contribution is -0.139. The number of rotatable bonds is 8. The first kappa shape index (κ1) is 22.0. The summed E-state index contributed by atoms with van der Waals surface area (Å²) in [5.41, 5.74) is -0.117. The van der Waals surface area contributed by atoms with E-state index in [1.54, 1.807) is 23.7 Å². The SMILES string of the molecule is CC(C)C[C@@H](C)COc1ccc(-c2ccnc(Nc3nccs3)n2)cc1C(F)(F)F. The molecule has 0 saturated heterocycles. The maximum Gasteiger partial charge on any atom is 0.419 e. The molecular weight excluding hydrogens is 413 g/mol. The smallest absolute Gasteiger partial charge is 0.419 e. The summed E-state index contributed by atoms with van der Waals surface area (Å²) in [6, 6.07) is 5.56. The Bertz CT molecular complexity index is 961. The molecule has 1 atom stereocenters. The molecule has 3 aromatic rings. The molecule has 0 unspecified atom stereocenters. The van der Waals surface area contributed by atoms with Crippen LogP contribution in [0.15, 0.2) is 42.0 Å². The van der Waals surface area contributed by atoms with Crippen LogP contribution in [0.3, 0.4) is 0 Å². The van der Waals surface area contributed by atoms with Gasteiger partial charge in [0, 0.05) is 23.3 Å². The number of ether oxygens (including phenoxy) is 1. The summed E-state index contributed by atoms with van der Waals surface area (Å²) in [4.78, 5) is 12.5. The molecule has 160 valence electrons. The number of alkyl halides is 3. The van der Waals surface area contributed by atoms with Crippen LogP contribution >= 0.6 is 11.3 Å². The molecular formula is C21H23F3N4OS. The van der Waals surface area contributed by atoms with Gasteiger partial charge in [-0.05, 0) is 42.5 Å². The lowest BCUT2D eigenvalue weighted by atomic mass is 10.00. The standard InChI is InChI=1S/C21H23F3N4OS/c1-13(2)10-14(3)12-29-18-5-4-15(11-16(18)21(22,23)24)17-6-7-25-19(27-17)28-20-26-8-9-30-20/h4-9,11,13-14H,10,12H2,1-3H3,(H,25,26,27,28)/t14-/m1/s1. The number of halogens is 3. The van der Waals surface area contributed by atoms with Gasteiger partial charge in [0.15, 0.2) is 5.13 Å². The van der Waals surface area contributed by atoms with Crippen molar-refractivity contribution < 1.29 is 17.9 Å². The highest BCUT2D eigenvalue weighted by Crippen LogP contribution is 2.39. The molecule has 5 nitrogen and oxygen atoms in total. The van der Waals surface area contributed by atoms with Crippen molar-refractivity contribution in [2.75, 3.05) is 11.9 Å². The average Bonchev–Trinajstić information content (AvgIpc) is 3.18. The molecule has 0 radical (unpaired) electrons. The molecule has 0 fully saturated rings. The number of hydrogen-bond acceptors (Lipinski definition) is 6. The van der Waals surface area contributed by atoms with Crippen molar-refractivity contribution in [2.24, 2.45) is 11.8 Å². The van der Waals surface area contributed by atoms with Gasteiger partial charge in [0.1, 0.15) is 5.75 Å². The molecule has 0 spiro atoms. The van der Waals surface area contributed by atoms with Gasteiger partial charge in [-0.25, -0.2) is 15.0 Å². The molecule has 0 bridgehead atoms. The van der Waals surface area contributed by atoms with Gasteiger partial charge in [-0.3, -0.25) is 0 Å². The first-order chi connectivity index (χ1) is 14.2. The Morgan fingerprint density at radius 3 is 2.57 bits per heavy atom. The van der Waals surface area contributed by atoms with Crippen LogP contribution in [0.25, 0.3) is 11.3 Å². The minimum atomic E-state index is -4.54. The molecule has 2 aromatic heterocycles. The summed E-state index contributed by atoms with van der Waals surface area (Å²) in [7, 11) is 0. The Kier molecular flexibility index (Phi) is 6.91. The van der Waals surface area contributed by atoms with Gasteiger partial charge in [0.25, 0.3) is 0 Å². The highest BCUT2D eigenvalue weighted by atomic mass is 32.1. The maximum atomic E-state index is 13.7. The van der Waals surface area contributed by atoms with Crippen LogP contribution in [0.4, 0.5) is 24.3 Å². The number of thiazole rings is 1. The van der Waals surface area contributed by atoms with E-state index in [2.05, 4.69) is 34.1 Å². The number of anilines is 2. The van der Waals surface area contributed by atoms with E-state index >= 15 is 0 Å². The fourth-order valence-electron chi connectivity index (χ4n) is 3.10. The zero-order valence-electron chi connectivity index (χ0n) is 16.9. The fraction of sp³-hybridized carbons (Fsp3) is 0.381. The minimum absolute atomic E-state index is 0.159. The van der Waals surface area contributed by atoms with Gasteiger partial charge in [0.2, 0.25) is 5.95 Å². The van der Waals surface area contributed by atoms with Crippen LogP contribution in [0, 0.1) is 11.8 Å². The molecule has 0 aliphatic heterocycles. The summed E-state index contributed by atoms with van der Waals surface area (Å²) < 4.78 is 46.6. The molecule has 0 saturated carbocycles. The number of benzene rings is 1. The fourth-order valence-corrected chi connectivity index (χ4v) is 3.62. The monoisotopic (exact) mass is 436 g/mol. The van der Waals surface area contributed by atoms with Crippen molar-refractivity contribution in [3.63, 3.8) is 0 Å². The second-order valence-electron chi connectivity index (χ2n) is 7.48. The molecule has 1 N–H and O–H groups in total. The van der Waals surface area contributed by atoms with E-state index in [1.807, 2.05) is 6.92 Å². The summed E-state index contributed by atoms with van der Waals surface area (Å²) in [6.45, 7) is 6.35. The Hall–Kier alpha value is -2.68. The van der Waals surface area contributed by atoms with Gasteiger partial charge in [-0.1, -0.05) is 20.8 Å². The molecule has 0 aliphatic carbocycles. The van der Waals surface area contributed by atoms with Crippen LogP contribution in [-0.2, 0) is 6.18 Å². The molecule has 0 aliphatic rings. The van der Waals surface area contributed by atoms with Crippen LogP contribution in [0.2, 0.25) is 0 Å². The van der Waals surface area contributed by atoms with Crippen molar-refractivity contribution in [2.45, 2.75) is 33.4 Å². The topological polar surface area (TPSA) is 59.9 Å². The summed E-state index contributed by atoms with van der Waals surface area (Å²) in [5.74, 6) is 0.709. The van der Waals surface area contributed by atoms with Crippen molar-refractivity contribution >= 4 is 22.4 Å². The number of nitrogens with one attached hydrogen (secondary N) is 1. The van der Waals surface area contributed by atoms with Gasteiger partial charge >= 0.3 is 6.18 Å². The number of aromatic nitrogens is 3. The van der Waals surface area contributed by atoms with Crippen LogP contribution in [0.1, 0.15) is 32.8 Å². The molecule has 9 heteroatoms. The van der Waals surface area contributed by atoms with Gasteiger partial charge in [0.05, 0.1) is 17.9 Å². The first-order valence-electron chi connectivity index (χ1n) is 9.56. The third kappa shape index (κ3) is 5.91. The highest BCUT2D eigenvalue weighted by molar-refractivity contribution is 7.13. The number of nitrogens with zero attached hydrogens (tertiary/aromatic N) is 3. The van der Waals surface area contributed by atoms with E-state index < -0.39 is 11.7 Å². The van der Waals surface area contributed by atoms with E-state index in [4.69, 9.17) is 4.74 Å². The maximum absolute atomic E-state index is 13.7. The van der Waals surface area contributed by atoms with Gasteiger partial charge in [-0.2, -0.15) is 13.2 Å². The first-order valence-corrected chi connectivity index (χ1v) is 10.4. The average molecular weight is 437 g/mol. The van der Waals surface area contributed by atoms with Crippen molar-refractivity contribution in [1.82, 2.24) is 15.0 Å². The van der Waals surface area contributed by atoms with Crippen molar-refractivity contribution in [1.29, 1.82) is 0 Å². The third-order valence-electron chi connectivity index (χ3n) is 4.28. The van der Waals surface area contributed by atoms with Crippen LogP contribution in [0.5, 0.6) is 5.75 Å². The molecule has 0 amide bonds. The highest BCUT2D eigenvalue weighted by Gasteiger charge is 2.35. The predicted molar refractivity (Wildman–Crippen MR) is 112 cm³/mol. The Morgan fingerprint density at radius 1 is 1.10 bits per heavy atom. The number of hydrogen-bond donors (Lipinski definition) is 1. The largest absolute Gasteiger partial charge is 0.493 e. The zero-order valence-corrected chi connectivity index (χ0v) is 17.7. The van der Waals surface area contributed by atoms with Gasteiger partial charge < -0.3 is 10.1 Å². The second-order valence-corrected chi connectivity index (χ2v) is 8.38.